The van der Waals surface area contributed by atoms with Crippen LogP contribution in [0, 0.1) is 0 Å². The molecule has 110 valence electrons. The second kappa shape index (κ2) is 6.55. The Bertz CT molecular complexity index is 492. The molecule has 1 fully saturated rings. The van der Waals surface area contributed by atoms with Gasteiger partial charge in [0.1, 0.15) is 5.15 Å². The van der Waals surface area contributed by atoms with Gasteiger partial charge in [0, 0.05) is 30.9 Å². The van der Waals surface area contributed by atoms with Crippen LogP contribution in [0.5, 0.6) is 0 Å². The molecule has 1 amide bonds. The van der Waals surface area contributed by atoms with E-state index in [2.05, 4.69) is 16.9 Å². The summed E-state index contributed by atoms with van der Waals surface area (Å²) in [5.74, 6) is 0.0179. The fourth-order valence-electron chi connectivity index (χ4n) is 2.69. The Labute approximate surface area is 125 Å². The van der Waals surface area contributed by atoms with E-state index in [0.717, 1.165) is 31.6 Å². The molecular formula is C15H22ClN3O. The summed E-state index contributed by atoms with van der Waals surface area (Å²) in [6.07, 6.45) is 3.14. The van der Waals surface area contributed by atoms with E-state index >= 15 is 0 Å². The van der Waals surface area contributed by atoms with Crippen LogP contribution in [0.15, 0.2) is 12.1 Å². The number of aryl methyl sites for hydroxylation is 1. The van der Waals surface area contributed by atoms with Crippen LogP contribution in [0.25, 0.3) is 0 Å². The number of amides is 1. The molecule has 0 radical (unpaired) electrons. The van der Waals surface area contributed by atoms with Crippen LogP contribution >= 0.6 is 11.6 Å². The predicted molar refractivity (Wildman–Crippen MR) is 81.2 cm³/mol. The SMILES string of the molecule is CCc1cc(C(=O)N(C)CC2CCCN2C)cc(Cl)n1. The second-order valence-electron chi connectivity index (χ2n) is 5.49. The first-order valence-corrected chi connectivity index (χ1v) is 7.51. The third kappa shape index (κ3) is 3.49. The summed E-state index contributed by atoms with van der Waals surface area (Å²) in [5.41, 5.74) is 1.48. The van der Waals surface area contributed by atoms with Gasteiger partial charge in [-0.1, -0.05) is 18.5 Å². The fraction of sp³-hybridized carbons (Fsp3) is 0.600. The zero-order valence-corrected chi connectivity index (χ0v) is 13.2. The van der Waals surface area contributed by atoms with Crippen molar-refractivity contribution in [1.29, 1.82) is 0 Å². The van der Waals surface area contributed by atoms with Gasteiger partial charge in [-0.05, 0) is 45.0 Å². The minimum atomic E-state index is 0.0179. The van der Waals surface area contributed by atoms with Gasteiger partial charge in [-0.3, -0.25) is 4.79 Å². The molecule has 0 saturated carbocycles. The third-order valence-electron chi connectivity index (χ3n) is 3.96. The summed E-state index contributed by atoms with van der Waals surface area (Å²) in [6, 6.07) is 3.95. The van der Waals surface area contributed by atoms with E-state index in [0.29, 0.717) is 16.8 Å². The summed E-state index contributed by atoms with van der Waals surface area (Å²) in [5, 5.41) is 0.388. The van der Waals surface area contributed by atoms with Gasteiger partial charge in [0.15, 0.2) is 0 Å². The van der Waals surface area contributed by atoms with Crippen LogP contribution < -0.4 is 0 Å². The summed E-state index contributed by atoms with van der Waals surface area (Å²) >= 11 is 5.98. The zero-order valence-electron chi connectivity index (χ0n) is 12.4. The van der Waals surface area contributed by atoms with Crippen LogP contribution in [0.4, 0.5) is 0 Å². The maximum Gasteiger partial charge on any atom is 0.253 e. The number of rotatable bonds is 4. The minimum Gasteiger partial charge on any atom is -0.340 e. The predicted octanol–water partition coefficient (Wildman–Crippen LogP) is 2.46. The average molecular weight is 296 g/mol. The maximum atomic E-state index is 12.5. The van der Waals surface area contributed by atoms with Gasteiger partial charge in [0.05, 0.1) is 0 Å². The lowest BCUT2D eigenvalue weighted by atomic mass is 10.1. The maximum absolute atomic E-state index is 12.5. The molecule has 1 aliphatic rings. The molecule has 4 nitrogen and oxygen atoms in total. The number of aromatic nitrogens is 1. The van der Waals surface area contributed by atoms with E-state index in [4.69, 9.17) is 11.6 Å². The molecule has 1 atom stereocenters. The zero-order chi connectivity index (χ0) is 14.7. The second-order valence-corrected chi connectivity index (χ2v) is 5.87. The number of carbonyl (C=O) groups excluding carboxylic acids is 1. The van der Waals surface area contributed by atoms with E-state index in [9.17, 15) is 4.79 Å². The molecule has 2 rings (SSSR count). The first-order chi connectivity index (χ1) is 9.51. The number of nitrogens with zero attached hydrogens (tertiary/aromatic N) is 3. The summed E-state index contributed by atoms with van der Waals surface area (Å²) < 4.78 is 0. The molecular weight excluding hydrogens is 274 g/mol. The monoisotopic (exact) mass is 295 g/mol. The standard InChI is InChI=1S/C15H22ClN3O/c1-4-12-8-11(9-14(16)17-12)15(20)19(3)10-13-6-5-7-18(13)2/h8-9,13H,4-7,10H2,1-3H3. The Morgan fingerprint density at radius 3 is 2.90 bits per heavy atom. The number of pyridine rings is 1. The summed E-state index contributed by atoms with van der Waals surface area (Å²) in [4.78, 5) is 20.8. The average Bonchev–Trinajstić information content (AvgIpc) is 2.82. The highest BCUT2D eigenvalue weighted by Gasteiger charge is 2.24. The van der Waals surface area contributed by atoms with Crippen LogP contribution in [0.1, 0.15) is 35.8 Å². The smallest absolute Gasteiger partial charge is 0.253 e. The Morgan fingerprint density at radius 1 is 1.55 bits per heavy atom. The number of hydrogen-bond acceptors (Lipinski definition) is 3. The van der Waals surface area contributed by atoms with Crippen molar-refractivity contribution in [3.05, 3.63) is 28.5 Å². The number of hydrogen-bond donors (Lipinski definition) is 0. The molecule has 1 aromatic heterocycles. The van der Waals surface area contributed by atoms with E-state index < -0.39 is 0 Å². The number of likely N-dealkylation sites (N-methyl/N-ethyl adjacent to an activating group) is 2. The van der Waals surface area contributed by atoms with Crippen LogP contribution in [0.2, 0.25) is 5.15 Å². The van der Waals surface area contributed by atoms with Crippen molar-refractivity contribution < 1.29 is 4.79 Å². The van der Waals surface area contributed by atoms with Crippen molar-refractivity contribution in [1.82, 2.24) is 14.8 Å². The molecule has 0 spiro atoms. The highest BCUT2D eigenvalue weighted by Crippen LogP contribution is 2.17. The topological polar surface area (TPSA) is 36.4 Å². The van der Waals surface area contributed by atoms with E-state index in [1.165, 1.54) is 6.42 Å². The Kier molecular flexibility index (Phi) is 5.00. The van der Waals surface area contributed by atoms with Crippen LogP contribution in [-0.4, -0.2) is 53.9 Å². The first-order valence-electron chi connectivity index (χ1n) is 7.13. The highest BCUT2D eigenvalue weighted by molar-refractivity contribution is 6.29. The molecule has 1 unspecified atom stereocenters. The quantitative estimate of drug-likeness (QED) is 0.801. The fourth-order valence-corrected chi connectivity index (χ4v) is 2.91. The van der Waals surface area contributed by atoms with Crippen LogP contribution in [0.3, 0.4) is 0 Å². The van der Waals surface area contributed by atoms with Gasteiger partial charge < -0.3 is 9.80 Å². The van der Waals surface area contributed by atoms with Crippen molar-refractivity contribution in [2.45, 2.75) is 32.2 Å². The molecule has 0 aliphatic carbocycles. The molecule has 1 saturated heterocycles. The van der Waals surface area contributed by atoms with Gasteiger partial charge in [-0.2, -0.15) is 0 Å². The van der Waals surface area contributed by atoms with Crippen molar-refractivity contribution in [3.8, 4) is 0 Å². The lowest BCUT2D eigenvalue weighted by Crippen LogP contribution is -2.39. The molecule has 5 heteroatoms. The molecule has 2 heterocycles. The van der Waals surface area contributed by atoms with Gasteiger partial charge in [-0.25, -0.2) is 4.98 Å². The summed E-state index contributed by atoms with van der Waals surface area (Å²) in [7, 11) is 3.98. The van der Waals surface area contributed by atoms with E-state index in [1.54, 1.807) is 11.0 Å². The lowest BCUT2D eigenvalue weighted by Gasteiger charge is -2.26. The number of likely N-dealkylation sites (tertiary alicyclic amines) is 1. The van der Waals surface area contributed by atoms with Crippen molar-refractivity contribution in [2.75, 3.05) is 27.2 Å². The molecule has 0 aromatic carbocycles. The first kappa shape index (κ1) is 15.3. The van der Waals surface area contributed by atoms with Gasteiger partial charge in [0.2, 0.25) is 0 Å². The van der Waals surface area contributed by atoms with E-state index in [-0.39, 0.29) is 5.91 Å². The molecule has 0 N–H and O–H groups in total. The Morgan fingerprint density at radius 2 is 2.30 bits per heavy atom. The van der Waals surface area contributed by atoms with Crippen molar-refractivity contribution >= 4 is 17.5 Å². The molecule has 1 aromatic rings. The largest absolute Gasteiger partial charge is 0.340 e. The minimum absolute atomic E-state index is 0.0179. The van der Waals surface area contributed by atoms with Gasteiger partial charge in [0.25, 0.3) is 5.91 Å². The number of halogens is 1. The van der Waals surface area contributed by atoms with Crippen molar-refractivity contribution in [3.63, 3.8) is 0 Å². The van der Waals surface area contributed by atoms with Gasteiger partial charge in [-0.15, -0.1) is 0 Å². The third-order valence-corrected chi connectivity index (χ3v) is 4.15. The van der Waals surface area contributed by atoms with Crippen LogP contribution in [-0.2, 0) is 6.42 Å². The number of carbonyl (C=O) groups is 1. The Balaban J connectivity index is 2.08. The highest BCUT2D eigenvalue weighted by atomic mass is 35.5. The van der Waals surface area contributed by atoms with E-state index in [1.807, 2.05) is 20.0 Å². The van der Waals surface area contributed by atoms with Crippen molar-refractivity contribution in [2.24, 2.45) is 0 Å². The lowest BCUT2D eigenvalue weighted by molar-refractivity contribution is 0.0761. The van der Waals surface area contributed by atoms with Gasteiger partial charge >= 0.3 is 0 Å². The molecule has 0 bridgehead atoms. The summed E-state index contributed by atoms with van der Waals surface area (Å²) in [6.45, 7) is 3.88. The normalized spacial score (nSPS) is 19.3. The molecule has 20 heavy (non-hydrogen) atoms. The Hall–Kier alpha value is -1.13. The molecule has 1 aliphatic heterocycles.